The third-order valence-corrected chi connectivity index (χ3v) is 5.49. The van der Waals surface area contributed by atoms with Gasteiger partial charge in [-0.3, -0.25) is 4.90 Å². The van der Waals surface area contributed by atoms with Crippen molar-refractivity contribution in [1.82, 2.24) is 9.62 Å². The van der Waals surface area contributed by atoms with Gasteiger partial charge < -0.3 is 0 Å². The molecule has 3 rings (SSSR count). The van der Waals surface area contributed by atoms with Gasteiger partial charge in [-0.25, -0.2) is 17.5 Å². The van der Waals surface area contributed by atoms with Gasteiger partial charge in [0.15, 0.2) is 0 Å². The monoisotopic (exact) mass is 309 g/mol. The van der Waals surface area contributed by atoms with Crippen molar-refractivity contribution in [2.75, 3.05) is 13.1 Å². The Morgan fingerprint density at radius 1 is 1.33 bits per heavy atom. The number of halogens is 1. The molecule has 0 amide bonds. The lowest BCUT2D eigenvalue weighted by Gasteiger charge is -2.16. The van der Waals surface area contributed by atoms with E-state index in [1.807, 2.05) is 0 Å². The Labute approximate surface area is 123 Å². The molecule has 1 aliphatic heterocycles. The molecule has 0 spiro atoms. The number of nitrogens with zero attached hydrogens (tertiary/aromatic N) is 2. The van der Waals surface area contributed by atoms with E-state index in [4.69, 9.17) is 5.26 Å². The van der Waals surface area contributed by atoms with Crippen molar-refractivity contribution in [1.29, 1.82) is 5.26 Å². The number of hydrogen-bond donors (Lipinski definition) is 1. The van der Waals surface area contributed by atoms with Crippen LogP contribution < -0.4 is 4.72 Å². The molecule has 1 heterocycles. The highest BCUT2D eigenvalue weighted by molar-refractivity contribution is 7.89. The number of hydrogen-bond acceptors (Lipinski definition) is 4. The zero-order chi connectivity index (χ0) is 15.0. The summed E-state index contributed by atoms with van der Waals surface area (Å²) in [6.07, 6.45) is 3.17. The van der Waals surface area contributed by atoms with Crippen LogP contribution in [-0.2, 0) is 10.0 Å². The van der Waals surface area contributed by atoms with Crippen molar-refractivity contribution in [3.63, 3.8) is 0 Å². The molecule has 1 saturated carbocycles. The van der Waals surface area contributed by atoms with Crippen LogP contribution in [0.4, 0.5) is 4.39 Å². The zero-order valence-electron chi connectivity index (χ0n) is 11.4. The number of nitrogens with one attached hydrogen (secondary N) is 1. The average molecular weight is 309 g/mol. The number of rotatable bonds is 4. The first-order valence-electron chi connectivity index (χ1n) is 6.95. The van der Waals surface area contributed by atoms with Gasteiger partial charge in [-0.2, -0.15) is 5.26 Å². The Kier molecular flexibility index (Phi) is 3.69. The summed E-state index contributed by atoms with van der Waals surface area (Å²) >= 11 is 0. The summed E-state index contributed by atoms with van der Waals surface area (Å²) in [5, 5.41) is 8.78. The summed E-state index contributed by atoms with van der Waals surface area (Å²) in [5.74, 6) is -0.711. The van der Waals surface area contributed by atoms with E-state index in [0.29, 0.717) is 6.04 Å². The molecule has 7 heteroatoms. The number of nitriles is 1. The lowest BCUT2D eigenvalue weighted by atomic mass is 10.2. The van der Waals surface area contributed by atoms with Gasteiger partial charge in [0.1, 0.15) is 11.9 Å². The Morgan fingerprint density at radius 3 is 2.76 bits per heavy atom. The Morgan fingerprint density at radius 2 is 2.10 bits per heavy atom. The fraction of sp³-hybridized carbons (Fsp3) is 0.500. The first-order chi connectivity index (χ1) is 9.99. The fourth-order valence-corrected chi connectivity index (χ4v) is 3.99. The molecule has 1 aromatic rings. The molecule has 1 aromatic carbocycles. The lowest BCUT2D eigenvalue weighted by Crippen LogP contribution is -2.37. The molecule has 21 heavy (non-hydrogen) atoms. The maximum absolute atomic E-state index is 13.3. The molecule has 0 aromatic heterocycles. The highest BCUT2D eigenvalue weighted by Crippen LogP contribution is 2.30. The van der Waals surface area contributed by atoms with E-state index in [-0.39, 0.29) is 16.5 Å². The van der Waals surface area contributed by atoms with Crippen molar-refractivity contribution in [3.8, 4) is 6.07 Å². The van der Waals surface area contributed by atoms with Crippen molar-refractivity contribution in [2.45, 2.75) is 36.2 Å². The number of benzene rings is 1. The summed E-state index contributed by atoms with van der Waals surface area (Å²) in [5.41, 5.74) is -0.260. The van der Waals surface area contributed by atoms with Crippen LogP contribution in [0, 0.1) is 17.1 Å². The molecular weight excluding hydrogens is 293 g/mol. The van der Waals surface area contributed by atoms with Crippen molar-refractivity contribution >= 4 is 10.0 Å². The van der Waals surface area contributed by atoms with Crippen molar-refractivity contribution < 1.29 is 12.8 Å². The van der Waals surface area contributed by atoms with E-state index in [0.717, 1.165) is 31.6 Å². The van der Waals surface area contributed by atoms with Gasteiger partial charge in [0.2, 0.25) is 10.0 Å². The molecule has 0 radical (unpaired) electrons. The lowest BCUT2D eigenvalue weighted by molar-refractivity contribution is 0.322. The summed E-state index contributed by atoms with van der Waals surface area (Å²) < 4.78 is 40.5. The highest BCUT2D eigenvalue weighted by Gasteiger charge is 2.35. The summed E-state index contributed by atoms with van der Waals surface area (Å²) in [7, 11) is -3.72. The van der Waals surface area contributed by atoms with E-state index >= 15 is 0 Å². The third kappa shape index (κ3) is 3.07. The Bertz CT molecular complexity index is 695. The largest absolute Gasteiger partial charge is 0.299 e. The van der Waals surface area contributed by atoms with Gasteiger partial charge in [-0.05, 0) is 37.5 Å². The van der Waals surface area contributed by atoms with E-state index in [9.17, 15) is 12.8 Å². The second-order valence-corrected chi connectivity index (χ2v) is 7.30. The SMILES string of the molecule is N#Cc1cc(S(=O)(=O)NC2CCN(C3CC3)C2)ccc1F. The van der Waals surface area contributed by atoms with Crippen LogP contribution >= 0.6 is 0 Å². The molecular formula is C14H16FN3O2S. The van der Waals surface area contributed by atoms with E-state index in [2.05, 4.69) is 9.62 Å². The molecule has 112 valence electrons. The van der Waals surface area contributed by atoms with Gasteiger partial charge in [0, 0.05) is 25.2 Å². The summed E-state index contributed by atoms with van der Waals surface area (Å²) in [4.78, 5) is 2.24. The Hall–Kier alpha value is -1.49. The second kappa shape index (κ2) is 5.37. The standard InChI is InChI=1S/C14H16FN3O2S/c15-14-4-3-13(7-10(14)8-16)21(19,20)17-11-5-6-18(9-11)12-1-2-12/h3-4,7,11-12,17H,1-2,5-6,9H2. The molecule has 5 nitrogen and oxygen atoms in total. The minimum absolute atomic E-state index is 0.0645. The normalized spacial score (nSPS) is 23.1. The van der Waals surface area contributed by atoms with Crippen LogP contribution in [0.5, 0.6) is 0 Å². The third-order valence-electron chi connectivity index (χ3n) is 3.97. The van der Waals surface area contributed by atoms with Gasteiger partial charge in [0.05, 0.1) is 10.5 Å². The molecule has 1 N–H and O–H groups in total. The van der Waals surface area contributed by atoms with Crippen LogP contribution in [0.15, 0.2) is 23.1 Å². The van der Waals surface area contributed by atoms with Gasteiger partial charge in [-0.1, -0.05) is 0 Å². The van der Waals surface area contributed by atoms with Crippen molar-refractivity contribution in [2.24, 2.45) is 0 Å². The highest BCUT2D eigenvalue weighted by atomic mass is 32.2. The predicted octanol–water partition coefficient (Wildman–Crippen LogP) is 1.21. The molecule has 1 atom stereocenters. The minimum Gasteiger partial charge on any atom is -0.299 e. The zero-order valence-corrected chi connectivity index (χ0v) is 12.2. The van der Waals surface area contributed by atoms with Crippen molar-refractivity contribution in [3.05, 3.63) is 29.6 Å². The smallest absolute Gasteiger partial charge is 0.240 e. The molecule has 1 saturated heterocycles. The number of sulfonamides is 1. The number of likely N-dealkylation sites (tertiary alicyclic amines) is 1. The van der Waals surface area contributed by atoms with Gasteiger partial charge in [-0.15, -0.1) is 0 Å². The molecule has 0 bridgehead atoms. The van der Waals surface area contributed by atoms with Gasteiger partial charge in [0.25, 0.3) is 0 Å². The maximum Gasteiger partial charge on any atom is 0.240 e. The van der Waals surface area contributed by atoms with Crippen LogP contribution in [-0.4, -0.2) is 38.5 Å². The van der Waals surface area contributed by atoms with E-state index < -0.39 is 15.8 Å². The quantitative estimate of drug-likeness (QED) is 0.907. The molecule has 1 aliphatic carbocycles. The Balaban J connectivity index is 1.73. The first-order valence-corrected chi connectivity index (χ1v) is 8.44. The maximum atomic E-state index is 13.3. The second-order valence-electron chi connectivity index (χ2n) is 5.59. The summed E-state index contributed by atoms with van der Waals surface area (Å²) in [6, 6.07) is 5.43. The van der Waals surface area contributed by atoms with Crippen LogP contribution in [0.1, 0.15) is 24.8 Å². The first kappa shape index (κ1) is 14.4. The van der Waals surface area contributed by atoms with Crippen LogP contribution in [0.2, 0.25) is 0 Å². The minimum atomic E-state index is -3.72. The fourth-order valence-electron chi connectivity index (χ4n) is 2.70. The molecule has 1 unspecified atom stereocenters. The molecule has 2 fully saturated rings. The average Bonchev–Trinajstić information content (AvgIpc) is 3.20. The van der Waals surface area contributed by atoms with E-state index in [1.54, 1.807) is 6.07 Å². The molecule has 2 aliphatic rings. The topological polar surface area (TPSA) is 73.2 Å². The predicted molar refractivity (Wildman–Crippen MR) is 74.4 cm³/mol. The van der Waals surface area contributed by atoms with Crippen LogP contribution in [0.3, 0.4) is 0 Å². The van der Waals surface area contributed by atoms with Gasteiger partial charge >= 0.3 is 0 Å². The van der Waals surface area contributed by atoms with Crippen LogP contribution in [0.25, 0.3) is 0 Å². The van der Waals surface area contributed by atoms with E-state index in [1.165, 1.54) is 18.9 Å². The summed E-state index contributed by atoms with van der Waals surface area (Å²) in [6.45, 7) is 1.63.